The third-order valence-electron chi connectivity index (χ3n) is 2.94. The first kappa shape index (κ1) is 17.0. The van der Waals surface area contributed by atoms with Crippen molar-refractivity contribution in [2.75, 3.05) is 0 Å². The Morgan fingerprint density at radius 1 is 1.29 bits per heavy atom. The number of unbranched alkanes of at least 4 members (excludes halogenated alkanes) is 1. The number of carboxylic acid groups (broad SMARTS) is 1. The molecule has 0 fully saturated rings. The Bertz CT molecular complexity index is 485. The molecule has 1 aromatic rings. The van der Waals surface area contributed by atoms with E-state index < -0.39 is 17.9 Å². The molecule has 1 amide bonds. The average Bonchev–Trinajstić information content (AvgIpc) is 2.42. The fraction of sp³-hybridized carbons (Fsp3) is 0.500. The summed E-state index contributed by atoms with van der Waals surface area (Å²) >= 11 is 0. The van der Waals surface area contributed by atoms with Gasteiger partial charge in [-0.3, -0.25) is 4.79 Å². The van der Waals surface area contributed by atoms with Crippen LogP contribution in [0.15, 0.2) is 24.3 Å². The van der Waals surface area contributed by atoms with Gasteiger partial charge in [0.05, 0.1) is 11.7 Å². The second kappa shape index (κ2) is 8.29. The fourth-order valence-electron chi connectivity index (χ4n) is 1.91. The van der Waals surface area contributed by atoms with Crippen molar-refractivity contribution in [2.45, 2.75) is 52.2 Å². The first-order chi connectivity index (χ1) is 9.95. The number of para-hydroxylation sites is 1. The van der Waals surface area contributed by atoms with E-state index in [1.54, 1.807) is 24.3 Å². The highest BCUT2D eigenvalue weighted by molar-refractivity contribution is 5.98. The van der Waals surface area contributed by atoms with E-state index in [0.717, 1.165) is 12.8 Å². The Morgan fingerprint density at radius 3 is 2.52 bits per heavy atom. The minimum Gasteiger partial charge on any atom is -0.490 e. The summed E-state index contributed by atoms with van der Waals surface area (Å²) in [5.74, 6) is -0.974. The monoisotopic (exact) mass is 293 g/mol. The average molecular weight is 293 g/mol. The van der Waals surface area contributed by atoms with Crippen molar-refractivity contribution in [1.29, 1.82) is 0 Å². The number of benzene rings is 1. The second-order valence-corrected chi connectivity index (χ2v) is 5.17. The SMILES string of the molecule is CCCC[C@H](NC(=O)c1ccccc1OC(C)C)C(=O)O. The first-order valence-electron chi connectivity index (χ1n) is 7.25. The van der Waals surface area contributed by atoms with Gasteiger partial charge in [0, 0.05) is 0 Å². The summed E-state index contributed by atoms with van der Waals surface area (Å²) in [5, 5.41) is 11.7. The number of carboxylic acids is 1. The predicted octanol–water partition coefficient (Wildman–Crippen LogP) is 2.85. The van der Waals surface area contributed by atoms with Crippen molar-refractivity contribution in [3.8, 4) is 5.75 Å². The van der Waals surface area contributed by atoms with E-state index in [4.69, 9.17) is 9.84 Å². The lowest BCUT2D eigenvalue weighted by atomic mass is 10.1. The quantitative estimate of drug-likeness (QED) is 0.772. The first-order valence-corrected chi connectivity index (χ1v) is 7.25. The van der Waals surface area contributed by atoms with Crippen LogP contribution >= 0.6 is 0 Å². The van der Waals surface area contributed by atoms with E-state index >= 15 is 0 Å². The Hall–Kier alpha value is -2.04. The molecule has 1 atom stereocenters. The molecule has 21 heavy (non-hydrogen) atoms. The molecule has 0 unspecified atom stereocenters. The molecule has 0 aromatic heterocycles. The minimum absolute atomic E-state index is 0.0608. The molecule has 0 aliphatic rings. The summed E-state index contributed by atoms with van der Waals surface area (Å²) in [7, 11) is 0. The molecule has 0 spiro atoms. The number of rotatable bonds is 8. The highest BCUT2D eigenvalue weighted by Gasteiger charge is 2.22. The number of carbonyl (C=O) groups excluding carboxylic acids is 1. The third kappa shape index (κ3) is 5.45. The van der Waals surface area contributed by atoms with Gasteiger partial charge in [0.15, 0.2) is 0 Å². The number of carbonyl (C=O) groups is 2. The topological polar surface area (TPSA) is 75.6 Å². The maximum absolute atomic E-state index is 12.3. The van der Waals surface area contributed by atoms with Gasteiger partial charge in [-0.05, 0) is 32.4 Å². The van der Waals surface area contributed by atoms with Crippen molar-refractivity contribution >= 4 is 11.9 Å². The predicted molar refractivity (Wildman–Crippen MR) is 80.6 cm³/mol. The van der Waals surface area contributed by atoms with Crippen LogP contribution in [0.2, 0.25) is 0 Å². The third-order valence-corrected chi connectivity index (χ3v) is 2.94. The number of amides is 1. The summed E-state index contributed by atoms with van der Waals surface area (Å²) < 4.78 is 5.58. The molecule has 116 valence electrons. The van der Waals surface area contributed by atoms with E-state index in [0.29, 0.717) is 17.7 Å². The molecule has 2 N–H and O–H groups in total. The normalized spacial score (nSPS) is 12.0. The number of hydrogen-bond acceptors (Lipinski definition) is 3. The van der Waals surface area contributed by atoms with Crippen LogP contribution in [-0.2, 0) is 4.79 Å². The lowest BCUT2D eigenvalue weighted by Gasteiger charge is -2.17. The second-order valence-electron chi connectivity index (χ2n) is 5.17. The van der Waals surface area contributed by atoms with E-state index in [9.17, 15) is 9.59 Å². The molecule has 0 aliphatic carbocycles. The maximum Gasteiger partial charge on any atom is 0.326 e. The molecular weight excluding hydrogens is 270 g/mol. The summed E-state index contributed by atoms with van der Waals surface area (Å²) in [6.45, 7) is 5.72. The van der Waals surface area contributed by atoms with Gasteiger partial charge in [0.2, 0.25) is 0 Å². The van der Waals surface area contributed by atoms with Crippen LogP contribution in [0, 0.1) is 0 Å². The molecule has 0 saturated heterocycles. The van der Waals surface area contributed by atoms with Gasteiger partial charge in [0.25, 0.3) is 5.91 Å². The minimum atomic E-state index is -1.01. The van der Waals surface area contributed by atoms with Gasteiger partial charge in [-0.15, -0.1) is 0 Å². The van der Waals surface area contributed by atoms with Crippen molar-refractivity contribution < 1.29 is 19.4 Å². The molecule has 0 radical (unpaired) electrons. The van der Waals surface area contributed by atoms with Crippen molar-refractivity contribution in [1.82, 2.24) is 5.32 Å². The van der Waals surface area contributed by atoms with Crippen molar-refractivity contribution in [3.05, 3.63) is 29.8 Å². The molecule has 5 nitrogen and oxygen atoms in total. The fourth-order valence-corrected chi connectivity index (χ4v) is 1.91. The smallest absolute Gasteiger partial charge is 0.326 e. The Kier molecular flexibility index (Phi) is 6.72. The zero-order valence-corrected chi connectivity index (χ0v) is 12.8. The molecule has 0 saturated carbocycles. The van der Waals surface area contributed by atoms with Crippen LogP contribution in [0.1, 0.15) is 50.4 Å². The molecule has 0 heterocycles. The Morgan fingerprint density at radius 2 is 1.95 bits per heavy atom. The van der Waals surface area contributed by atoms with Gasteiger partial charge in [-0.25, -0.2) is 4.79 Å². The van der Waals surface area contributed by atoms with Crippen LogP contribution in [0.4, 0.5) is 0 Å². The van der Waals surface area contributed by atoms with Crippen LogP contribution in [0.25, 0.3) is 0 Å². The van der Waals surface area contributed by atoms with E-state index in [-0.39, 0.29) is 6.10 Å². The summed E-state index contributed by atoms with van der Waals surface area (Å²) in [5.41, 5.74) is 0.356. The number of hydrogen-bond donors (Lipinski definition) is 2. The number of aliphatic carboxylic acids is 1. The lowest BCUT2D eigenvalue weighted by molar-refractivity contribution is -0.139. The summed E-state index contributed by atoms with van der Waals surface area (Å²) in [6.07, 6.45) is 1.99. The number of nitrogens with one attached hydrogen (secondary N) is 1. The van der Waals surface area contributed by atoms with E-state index in [1.807, 2.05) is 20.8 Å². The van der Waals surface area contributed by atoms with E-state index in [2.05, 4.69) is 5.32 Å². The highest BCUT2D eigenvalue weighted by Crippen LogP contribution is 2.19. The van der Waals surface area contributed by atoms with Crippen LogP contribution in [0.5, 0.6) is 5.75 Å². The zero-order chi connectivity index (χ0) is 15.8. The molecule has 1 rings (SSSR count). The molecule has 5 heteroatoms. The van der Waals surface area contributed by atoms with Crippen LogP contribution < -0.4 is 10.1 Å². The van der Waals surface area contributed by atoms with E-state index in [1.165, 1.54) is 0 Å². The maximum atomic E-state index is 12.3. The van der Waals surface area contributed by atoms with Crippen molar-refractivity contribution in [2.24, 2.45) is 0 Å². The largest absolute Gasteiger partial charge is 0.490 e. The Labute approximate surface area is 125 Å². The lowest BCUT2D eigenvalue weighted by Crippen LogP contribution is -2.40. The zero-order valence-electron chi connectivity index (χ0n) is 12.8. The van der Waals surface area contributed by atoms with Gasteiger partial charge in [-0.2, -0.15) is 0 Å². The summed E-state index contributed by atoms with van der Waals surface area (Å²) in [6, 6.07) is 5.97. The molecule has 1 aromatic carbocycles. The van der Waals surface area contributed by atoms with Crippen molar-refractivity contribution in [3.63, 3.8) is 0 Å². The van der Waals surface area contributed by atoms with Gasteiger partial charge >= 0.3 is 5.97 Å². The summed E-state index contributed by atoms with van der Waals surface area (Å²) in [4.78, 5) is 23.5. The van der Waals surface area contributed by atoms with Crippen LogP contribution in [-0.4, -0.2) is 29.1 Å². The van der Waals surface area contributed by atoms with Crippen LogP contribution in [0.3, 0.4) is 0 Å². The van der Waals surface area contributed by atoms with Gasteiger partial charge in [-0.1, -0.05) is 31.9 Å². The Balaban J connectivity index is 2.84. The molecular formula is C16H23NO4. The van der Waals surface area contributed by atoms with Gasteiger partial charge in [0.1, 0.15) is 11.8 Å². The molecule has 0 bridgehead atoms. The highest BCUT2D eigenvalue weighted by atomic mass is 16.5. The standard InChI is InChI=1S/C16H23NO4/c1-4-5-9-13(16(19)20)17-15(18)12-8-6-7-10-14(12)21-11(2)3/h6-8,10-11,13H,4-5,9H2,1-3H3,(H,17,18)(H,19,20)/t13-/m0/s1. The van der Waals surface area contributed by atoms with Gasteiger partial charge < -0.3 is 15.2 Å². The number of ether oxygens (including phenoxy) is 1. The molecule has 0 aliphatic heterocycles.